The van der Waals surface area contributed by atoms with Crippen molar-refractivity contribution in [3.05, 3.63) is 10.4 Å². The molecule has 0 aliphatic carbocycles. The molecule has 5 heteroatoms. The first-order valence-corrected chi connectivity index (χ1v) is 6.15. The van der Waals surface area contributed by atoms with Gasteiger partial charge in [-0.05, 0) is 19.3 Å². The topological polar surface area (TPSA) is 40.6 Å². The molecule has 1 fully saturated rings. The molecule has 2 aliphatic rings. The third-order valence-corrected chi connectivity index (χ3v) is 3.58. The molecule has 1 aromatic heterocycles. The Hall–Kier alpha value is -0.650. The summed E-state index contributed by atoms with van der Waals surface area (Å²) in [6, 6.07) is 0. The quantitative estimate of drug-likeness (QED) is 0.776. The Kier molecular flexibility index (Phi) is 2.60. The van der Waals surface area contributed by atoms with E-state index in [-0.39, 0.29) is 12.4 Å². The number of nitrogens with zero attached hydrogens (tertiary/aromatic N) is 1. The molecule has 2 unspecified atom stereocenters. The zero-order valence-electron chi connectivity index (χ0n) is 8.35. The molecule has 15 heavy (non-hydrogen) atoms. The summed E-state index contributed by atoms with van der Waals surface area (Å²) in [5, 5.41) is 0. The predicted octanol–water partition coefficient (Wildman–Crippen LogP) is 2.12. The summed E-state index contributed by atoms with van der Waals surface area (Å²) in [7, 11) is 0. The van der Waals surface area contributed by atoms with Crippen LogP contribution in [0.25, 0.3) is 0 Å². The molecule has 2 atom stereocenters. The van der Waals surface area contributed by atoms with Crippen molar-refractivity contribution >= 4 is 11.3 Å². The number of thiazole rings is 1. The van der Waals surface area contributed by atoms with E-state index in [0.717, 1.165) is 30.2 Å². The maximum absolute atomic E-state index is 5.86. The summed E-state index contributed by atoms with van der Waals surface area (Å²) < 4.78 is 16.8. The van der Waals surface area contributed by atoms with Crippen LogP contribution in [0.15, 0.2) is 5.51 Å². The second kappa shape index (κ2) is 4.08. The number of rotatable bonds is 2. The van der Waals surface area contributed by atoms with Crippen molar-refractivity contribution in [1.82, 2.24) is 4.98 Å². The van der Waals surface area contributed by atoms with E-state index in [1.807, 2.05) is 0 Å². The zero-order chi connectivity index (χ0) is 10.1. The lowest BCUT2D eigenvalue weighted by Crippen LogP contribution is -2.24. The van der Waals surface area contributed by atoms with Crippen LogP contribution in [-0.2, 0) is 9.47 Å². The summed E-state index contributed by atoms with van der Waals surface area (Å²) in [4.78, 5) is 5.22. The fourth-order valence-corrected chi connectivity index (χ4v) is 2.65. The van der Waals surface area contributed by atoms with Gasteiger partial charge in [-0.15, -0.1) is 11.3 Å². The summed E-state index contributed by atoms with van der Waals surface area (Å²) in [5.41, 5.74) is 1.79. The van der Waals surface area contributed by atoms with E-state index in [4.69, 9.17) is 14.2 Å². The lowest BCUT2D eigenvalue weighted by molar-refractivity contribution is -0.190. The van der Waals surface area contributed by atoms with Crippen LogP contribution in [0.4, 0.5) is 0 Å². The second-order valence-corrected chi connectivity index (χ2v) is 4.64. The van der Waals surface area contributed by atoms with Crippen LogP contribution in [0.1, 0.15) is 30.2 Å². The molecule has 0 saturated carbocycles. The van der Waals surface area contributed by atoms with E-state index in [1.165, 1.54) is 6.42 Å². The molecule has 0 spiro atoms. The largest absolute Gasteiger partial charge is 0.474 e. The highest BCUT2D eigenvalue weighted by molar-refractivity contribution is 7.10. The third-order valence-electron chi connectivity index (χ3n) is 2.68. The summed E-state index contributed by atoms with van der Waals surface area (Å²) in [6.45, 7) is 1.39. The molecule has 0 radical (unpaired) electrons. The molecule has 0 N–H and O–H groups in total. The second-order valence-electron chi connectivity index (χ2n) is 3.75. The van der Waals surface area contributed by atoms with Crippen molar-refractivity contribution in [2.24, 2.45) is 0 Å². The lowest BCUT2D eigenvalue weighted by atomic mass is 10.2. The van der Waals surface area contributed by atoms with E-state index >= 15 is 0 Å². The van der Waals surface area contributed by atoms with E-state index in [2.05, 4.69) is 4.98 Å². The summed E-state index contributed by atoms with van der Waals surface area (Å²) >= 11 is 1.59. The first-order chi connectivity index (χ1) is 7.43. The maximum atomic E-state index is 5.86. The van der Waals surface area contributed by atoms with Crippen LogP contribution < -0.4 is 4.74 Å². The molecule has 0 amide bonds. The molecular formula is C10H13NO3S. The normalized spacial score (nSPS) is 29.9. The number of hydrogen-bond acceptors (Lipinski definition) is 5. The minimum absolute atomic E-state index is 0.0237. The van der Waals surface area contributed by atoms with Crippen LogP contribution in [0, 0.1) is 0 Å². The van der Waals surface area contributed by atoms with Crippen molar-refractivity contribution in [3.8, 4) is 5.88 Å². The van der Waals surface area contributed by atoms with Crippen LogP contribution in [0.2, 0.25) is 0 Å². The highest BCUT2D eigenvalue weighted by Crippen LogP contribution is 2.38. The first kappa shape index (κ1) is 9.57. The minimum atomic E-state index is -0.0552. The van der Waals surface area contributed by atoms with E-state index in [1.54, 1.807) is 16.8 Å². The molecular weight excluding hydrogens is 214 g/mol. The van der Waals surface area contributed by atoms with Gasteiger partial charge in [0.25, 0.3) is 0 Å². The molecule has 0 bridgehead atoms. The average Bonchev–Trinajstić information content (AvgIpc) is 2.85. The summed E-state index contributed by atoms with van der Waals surface area (Å²) in [5.74, 6) is 0.737. The van der Waals surface area contributed by atoms with Crippen LogP contribution in [0.3, 0.4) is 0 Å². The Bertz CT molecular complexity index is 335. The van der Waals surface area contributed by atoms with Gasteiger partial charge in [0, 0.05) is 6.61 Å². The SMILES string of the molecule is c1nc2c(s1)C(OC1CCCCO1)CO2. The van der Waals surface area contributed by atoms with Gasteiger partial charge in [-0.1, -0.05) is 0 Å². The molecule has 3 heterocycles. The molecule has 82 valence electrons. The van der Waals surface area contributed by atoms with E-state index in [0.29, 0.717) is 6.61 Å². The zero-order valence-corrected chi connectivity index (χ0v) is 9.16. The van der Waals surface area contributed by atoms with Gasteiger partial charge >= 0.3 is 0 Å². The number of fused-ring (bicyclic) bond motifs is 1. The van der Waals surface area contributed by atoms with E-state index < -0.39 is 0 Å². The fourth-order valence-electron chi connectivity index (χ4n) is 1.90. The van der Waals surface area contributed by atoms with Crippen LogP contribution >= 0.6 is 11.3 Å². The van der Waals surface area contributed by atoms with Gasteiger partial charge in [0.05, 0.1) is 5.51 Å². The number of ether oxygens (including phenoxy) is 3. The average molecular weight is 227 g/mol. The van der Waals surface area contributed by atoms with Crippen molar-refractivity contribution < 1.29 is 14.2 Å². The third kappa shape index (κ3) is 1.87. The van der Waals surface area contributed by atoms with Crippen molar-refractivity contribution in [1.29, 1.82) is 0 Å². The maximum Gasteiger partial charge on any atom is 0.230 e. The van der Waals surface area contributed by atoms with Crippen molar-refractivity contribution in [2.75, 3.05) is 13.2 Å². The molecule has 4 nitrogen and oxygen atoms in total. The minimum Gasteiger partial charge on any atom is -0.474 e. The Morgan fingerprint density at radius 2 is 2.47 bits per heavy atom. The lowest BCUT2D eigenvalue weighted by Gasteiger charge is -2.24. The number of hydrogen-bond donors (Lipinski definition) is 0. The van der Waals surface area contributed by atoms with Crippen molar-refractivity contribution in [2.45, 2.75) is 31.7 Å². The summed E-state index contributed by atoms with van der Waals surface area (Å²) in [6.07, 6.45) is 3.29. The Morgan fingerprint density at radius 1 is 1.47 bits per heavy atom. The van der Waals surface area contributed by atoms with E-state index in [9.17, 15) is 0 Å². The van der Waals surface area contributed by atoms with Gasteiger partial charge in [0.1, 0.15) is 17.6 Å². The van der Waals surface area contributed by atoms with Gasteiger partial charge in [-0.25, -0.2) is 4.98 Å². The Labute approximate surface area is 92.2 Å². The molecule has 1 saturated heterocycles. The Balaban J connectivity index is 1.64. The highest BCUT2D eigenvalue weighted by Gasteiger charge is 2.30. The Morgan fingerprint density at radius 3 is 3.33 bits per heavy atom. The van der Waals surface area contributed by atoms with Crippen LogP contribution in [-0.4, -0.2) is 24.5 Å². The highest BCUT2D eigenvalue weighted by atomic mass is 32.1. The van der Waals surface area contributed by atoms with Crippen LogP contribution in [0.5, 0.6) is 5.88 Å². The molecule has 3 rings (SSSR count). The first-order valence-electron chi connectivity index (χ1n) is 5.27. The van der Waals surface area contributed by atoms with Gasteiger partial charge in [0.15, 0.2) is 6.29 Å². The fraction of sp³-hybridized carbons (Fsp3) is 0.700. The van der Waals surface area contributed by atoms with Crippen molar-refractivity contribution in [3.63, 3.8) is 0 Å². The molecule has 1 aromatic rings. The van der Waals surface area contributed by atoms with Gasteiger partial charge in [-0.3, -0.25) is 0 Å². The van der Waals surface area contributed by atoms with Gasteiger partial charge in [0.2, 0.25) is 5.88 Å². The standard InChI is InChI=1S/C10H13NO3S/c1-2-4-12-8(3-1)14-7-5-13-10-9(7)15-6-11-10/h6-8H,1-5H2. The predicted molar refractivity (Wildman–Crippen MR) is 55.0 cm³/mol. The smallest absolute Gasteiger partial charge is 0.230 e. The van der Waals surface area contributed by atoms with Gasteiger partial charge in [-0.2, -0.15) is 0 Å². The van der Waals surface area contributed by atoms with Gasteiger partial charge < -0.3 is 14.2 Å². The molecule has 2 aliphatic heterocycles. The molecule has 0 aromatic carbocycles. The monoisotopic (exact) mass is 227 g/mol. The number of aromatic nitrogens is 1.